The van der Waals surface area contributed by atoms with E-state index >= 15 is 0 Å². The van der Waals surface area contributed by atoms with Crippen LogP contribution in [-0.4, -0.2) is 0 Å². The van der Waals surface area contributed by atoms with Gasteiger partial charge in [0, 0.05) is 8.59 Å². The fourth-order valence-corrected chi connectivity index (χ4v) is 3.10. The second-order valence-corrected chi connectivity index (χ2v) is 6.61. The topological polar surface area (TPSA) is 38.0 Å². The van der Waals surface area contributed by atoms with Gasteiger partial charge in [-0.15, -0.1) is 0 Å². The van der Waals surface area contributed by atoms with Gasteiger partial charge in [-0.25, -0.2) is 0 Å². The Bertz CT molecular complexity index is 613. The van der Waals surface area contributed by atoms with Gasteiger partial charge < -0.3 is 0 Å². The summed E-state index contributed by atoms with van der Waals surface area (Å²) in [5.41, 5.74) is 7.93. The lowest BCUT2D eigenvalue weighted by Gasteiger charge is -2.19. The molecular formula is C16H18ClIN2. The minimum Gasteiger partial charge on any atom is -0.271 e. The van der Waals surface area contributed by atoms with E-state index in [4.69, 9.17) is 17.4 Å². The van der Waals surface area contributed by atoms with Gasteiger partial charge in [0.25, 0.3) is 0 Å². The SMILES string of the molecule is Cc1ccc(CC(NN)c2cc(Cl)ccc2I)cc1C. The molecule has 4 heteroatoms. The highest BCUT2D eigenvalue weighted by atomic mass is 127. The highest BCUT2D eigenvalue weighted by Gasteiger charge is 2.14. The van der Waals surface area contributed by atoms with Gasteiger partial charge in [0.15, 0.2) is 0 Å². The molecule has 0 saturated carbocycles. The largest absolute Gasteiger partial charge is 0.271 e. The first-order valence-electron chi connectivity index (χ1n) is 6.48. The normalized spacial score (nSPS) is 12.4. The monoisotopic (exact) mass is 400 g/mol. The predicted octanol–water partition coefficient (Wildman–Crippen LogP) is 4.31. The van der Waals surface area contributed by atoms with Crippen molar-refractivity contribution in [3.05, 3.63) is 67.2 Å². The van der Waals surface area contributed by atoms with E-state index in [9.17, 15) is 0 Å². The third-order valence-corrected chi connectivity index (χ3v) is 4.76. The average molecular weight is 401 g/mol. The average Bonchev–Trinajstić information content (AvgIpc) is 2.43. The number of benzene rings is 2. The standard InChI is InChI=1S/C16H18ClIN2/c1-10-3-4-12(7-11(10)2)8-16(20-19)14-9-13(17)5-6-15(14)18/h3-7,9,16,20H,8,19H2,1-2H3. The molecule has 0 bridgehead atoms. The Morgan fingerprint density at radius 3 is 2.55 bits per heavy atom. The molecule has 0 saturated heterocycles. The molecule has 2 nitrogen and oxygen atoms in total. The Hall–Kier alpha value is -0.620. The van der Waals surface area contributed by atoms with Crippen molar-refractivity contribution in [2.75, 3.05) is 0 Å². The molecule has 106 valence electrons. The van der Waals surface area contributed by atoms with E-state index in [1.165, 1.54) is 20.3 Å². The summed E-state index contributed by atoms with van der Waals surface area (Å²) in [6.07, 6.45) is 0.841. The Kier molecular flexibility index (Phi) is 5.43. The molecule has 20 heavy (non-hydrogen) atoms. The van der Waals surface area contributed by atoms with Crippen LogP contribution in [0, 0.1) is 17.4 Å². The molecule has 0 radical (unpaired) electrons. The number of hydrazine groups is 1. The molecule has 0 aliphatic rings. The van der Waals surface area contributed by atoms with Crippen LogP contribution >= 0.6 is 34.2 Å². The number of halogens is 2. The van der Waals surface area contributed by atoms with Crippen molar-refractivity contribution in [3.63, 3.8) is 0 Å². The van der Waals surface area contributed by atoms with Crippen molar-refractivity contribution < 1.29 is 0 Å². The van der Waals surface area contributed by atoms with Gasteiger partial charge in [-0.1, -0.05) is 29.8 Å². The lowest BCUT2D eigenvalue weighted by atomic mass is 9.97. The van der Waals surface area contributed by atoms with Gasteiger partial charge in [0.1, 0.15) is 0 Å². The summed E-state index contributed by atoms with van der Waals surface area (Å²) in [5, 5.41) is 0.737. The number of rotatable bonds is 4. The zero-order valence-electron chi connectivity index (χ0n) is 11.6. The van der Waals surface area contributed by atoms with Crippen molar-refractivity contribution in [1.29, 1.82) is 0 Å². The van der Waals surface area contributed by atoms with E-state index in [0.29, 0.717) is 0 Å². The maximum absolute atomic E-state index is 6.09. The second kappa shape index (κ2) is 6.89. The molecule has 0 fully saturated rings. The summed E-state index contributed by atoms with van der Waals surface area (Å²) < 4.78 is 1.17. The van der Waals surface area contributed by atoms with Crippen LogP contribution in [0.5, 0.6) is 0 Å². The minimum atomic E-state index is 0.0581. The van der Waals surface area contributed by atoms with Gasteiger partial charge >= 0.3 is 0 Å². The molecule has 1 atom stereocenters. The van der Waals surface area contributed by atoms with E-state index < -0.39 is 0 Å². The lowest BCUT2D eigenvalue weighted by Crippen LogP contribution is -2.30. The van der Waals surface area contributed by atoms with E-state index in [1.807, 2.05) is 18.2 Å². The van der Waals surface area contributed by atoms with Crippen LogP contribution < -0.4 is 11.3 Å². The summed E-state index contributed by atoms with van der Waals surface area (Å²) in [5.74, 6) is 5.74. The van der Waals surface area contributed by atoms with Crippen LogP contribution in [0.15, 0.2) is 36.4 Å². The van der Waals surface area contributed by atoms with Crippen LogP contribution in [0.3, 0.4) is 0 Å². The summed E-state index contributed by atoms with van der Waals surface area (Å²) >= 11 is 8.41. The highest BCUT2D eigenvalue weighted by Crippen LogP contribution is 2.26. The van der Waals surface area contributed by atoms with Crippen molar-refractivity contribution >= 4 is 34.2 Å². The predicted molar refractivity (Wildman–Crippen MR) is 93.9 cm³/mol. The fourth-order valence-electron chi connectivity index (χ4n) is 2.21. The molecule has 2 aromatic rings. The first kappa shape index (κ1) is 15.8. The minimum absolute atomic E-state index is 0.0581. The Morgan fingerprint density at radius 2 is 1.90 bits per heavy atom. The second-order valence-electron chi connectivity index (χ2n) is 5.01. The maximum Gasteiger partial charge on any atom is 0.0511 e. The zero-order chi connectivity index (χ0) is 14.7. The van der Waals surface area contributed by atoms with Crippen molar-refractivity contribution in [2.24, 2.45) is 5.84 Å². The number of nitrogens with one attached hydrogen (secondary N) is 1. The summed E-state index contributed by atoms with van der Waals surface area (Å²) in [6.45, 7) is 4.25. The highest BCUT2D eigenvalue weighted by molar-refractivity contribution is 14.1. The molecule has 2 rings (SSSR count). The zero-order valence-corrected chi connectivity index (χ0v) is 14.5. The van der Waals surface area contributed by atoms with Gasteiger partial charge in [0.2, 0.25) is 0 Å². The molecule has 0 aliphatic carbocycles. The third kappa shape index (κ3) is 3.73. The van der Waals surface area contributed by atoms with Crippen LogP contribution in [-0.2, 0) is 6.42 Å². The number of hydrogen-bond acceptors (Lipinski definition) is 2. The van der Waals surface area contributed by atoms with Gasteiger partial charge in [-0.2, -0.15) is 0 Å². The molecule has 3 N–H and O–H groups in total. The maximum atomic E-state index is 6.09. The van der Waals surface area contributed by atoms with Crippen molar-refractivity contribution in [3.8, 4) is 0 Å². The quantitative estimate of drug-likeness (QED) is 0.456. The molecule has 1 unspecified atom stereocenters. The molecular weight excluding hydrogens is 383 g/mol. The van der Waals surface area contributed by atoms with E-state index in [2.05, 4.69) is 60.1 Å². The van der Waals surface area contributed by atoms with Crippen molar-refractivity contribution in [2.45, 2.75) is 26.3 Å². The van der Waals surface area contributed by atoms with Gasteiger partial charge in [-0.3, -0.25) is 11.3 Å². The summed E-state index contributed by atoms with van der Waals surface area (Å²) in [6, 6.07) is 12.5. The molecule has 2 aromatic carbocycles. The van der Waals surface area contributed by atoms with Crippen LogP contribution in [0.4, 0.5) is 0 Å². The van der Waals surface area contributed by atoms with Crippen LogP contribution in [0.25, 0.3) is 0 Å². The number of aryl methyl sites for hydroxylation is 2. The molecule has 0 aromatic heterocycles. The first-order valence-corrected chi connectivity index (χ1v) is 7.94. The fraction of sp³-hybridized carbons (Fsp3) is 0.250. The van der Waals surface area contributed by atoms with Gasteiger partial charge in [-0.05, 0) is 83.3 Å². The number of hydrogen-bond donors (Lipinski definition) is 2. The summed E-state index contributed by atoms with van der Waals surface area (Å²) in [4.78, 5) is 0. The number of nitrogens with two attached hydrogens (primary N) is 1. The Labute approximate surface area is 138 Å². The Morgan fingerprint density at radius 1 is 1.15 bits per heavy atom. The molecule has 0 heterocycles. The molecule has 0 amide bonds. The smallest absolute Gasteiger partial charge is 0.0511 e. The lowest BCUT2D eigenvalue weighted by molar-refractivity contribution is 0.549. The third-order valence-electron chi connectivity index (χ3n) is 3.55. The van der Waals surface area contributed by atoms with Crippen LogP contribution in [0.2, 0.25) is 5.02 Å². The summed E-state index contributed by atoms with van der Waals surface area (Å²) in [7, 11) is 0. The van der Waals surface area contributed by atoms with E-state index in [-0.39, 0.29) is 6.04 Å². The Balaban J connectivity index is 2.28. The van der Waals surface area contributed by atoms with Crippen molar-refractivity contribution in [1.82, 2.24) is 5.43 Å². The van der Waals surface area contributed by atoms with Gasteiger partial charge in [0.05, 0.1) is 6.04 Å². The molecule has 0 spiro atoms. The van der Waals surface area contributed by atoms with E-state index in [0.717, 1.165) is 17.0 Å². The first-order chi connectivity index (χ1) is 9.51. The van der Waals surface area contributed by atoms with E-state index in [1.54, 1.807) is 0 Å². The molecule has 0 aliphatic heterocycles. The van der Waals surface area contributed by atoms with Crippen LogP contribution in [0.1, 0.15) is 28.3 Å².